The molecule has 1 fully saturated rings. The second-order valence-electron chi connectivity index (χ2n) is 10.7. The highest BCUT2D eigenvalue weighted by Crippen LogP contribution is 2.30. The quantitative estimate of drug-likeness (QED) is 0.228. The summed E-state index contributed by atoms with van der Waals surface area (Å²) in [6.07, 6.45) is 0.785. The summed E-state index contributed by atoms with van der Waals surface area (Å²) in [4.78, 5) is 12.5. The van der Waals surface area contributed by atoms with Crippen LogP contribution in [0.1, 0.15) is 43.8 Å². The molecule has 0 radical (unpaired) electrons. The minimum atomic E-state index is -3.52. The standard InChI is InChI=1S/C33H41N5O4S/c1-5-41-30-16-13-26(23-31(30)42-6-2)17-18-34-33-28-9-7-8-10-29(28)35-32(36-33)25(4)37-19-21-38(22-20-37)43(39,40)27-14-11-24(3)12-15-27/h7-16,23,25H,5-6,17-22H2,1-4H3,(H,34,35,36)/t25-/m0/s1. The van der Waals surface area contributed by atoms with Crippen molar-refractivity contribution in [3.05, 3.63) is 83.7 Å². The SMILES string of the molecule is CCOc1ccc(CCNc2nc([C@H](C)N3CCN(S(=O)(=O)c4ccc(C)cc4)CC3)nc3ccccc23)cc1OCC. The number of fused-ring (bicyclic) bond motifs is 1. The summed E-state index contributed by atoms with van der Waals surface area (Å²) in [5.41, 5.74) is 3.06. The normalized spacial score (nSPS) is 15.3. The van der Waals surface area contributed by atoms with E-state index in [1.165, 1.54) is 0 Å². The molecule has 0 unspecified atom stereocenters. The number of sulfonamides is 1. The van der Waals surface area contributed by atoms with Gasteiger partial charge < -0.3 is 14.8 Å². The number of nitrogens with zero attached hydrogens (tertiary/aromatic N) is 4. The zero-order valence-corrected chi connectivity index (χ0v) is 26.2. The van der Waals surface area contributed by atoms with Crippen LogP contribution in [0.15, 0.2) is 71.6 Å². The number of rotatable bonds is 12. The lowest BCUT2D eigenvalue weighted by Crippen LogP contribution is -2.49. The first kappa shape index (κ1) is 30.7. The highest BCUT2D eigenvalue weighted by atomic mass is 32.2. The molecule has 2 heterocycles. The molecule has 0 aliphatic carbocycles. The van der Waals surface area contributed by atoms with Crippen LogP contribution < -0.4 is 14.8 Å². The lowest BCUT2D eigenvalue weighted by atomic mass is 10.1. The number of nitrogens with one attached hydrogen (secondary N) is 1. The number of hydrogen-bond acceptors (Lipinski definition) is 8. The van der Waals surface area contributed by atoms with Gasteiger partial charge >= 0.3 is 0 Å². The Bertz CT molecular complexity index is 1640. The Labute approximate surface area is 254 Å². The van der Waals surface area contributed by atoms with Crippen molar-refractivity contribution in [2.45, 2.75) is 45.1 Å². The van der Waals surface area contributed by atoms with E-state index in [0.29, 0.717) is 50.8 Å². The fraction of sp³-hybridized carbons (Fsp3) is 0.394. The van der Waals surface area contributed by atoms with Gasteiger partial charge in [0.1, 0.15) is 11.6 Å². The Morgan fingerprint density at radius 1 is 0.884 bits per heavy atom. The molecule has 10 heteroatoms. The van der Waals surface area contributed by atoms with Crippen LogP contribution in [0.4, 0.5) is 5.82 Å². The van der Waals surface area contributed by atoms with Gasteiger partial charge in [-0.2, -0.15) is 4.31 Å². The summed E-state index contributed by atoms with van der Waals surface area (Å²) in [6.45, 7) is 11.9. The third-order valence-corrected chi connectivity index (χ3v) is 9.70. The summed E-state index contributed by atoms with van der Waals surface area (Å²) in [5.74, 6) is 3.03. The molecule has 0 spiro atoms. The second kappa shape index (κ2) is 13.7. The Hall–Kier alpha value is -3.73. The summed E-state index contributed by atoms with van der Waals surface area (Å²) in [7, 11) is -3.52. The molecule has 1 aromatic heterocycles. The number of anilines is 1. The van der Waals surface area contributed by atoms with Gasteiger partial charge in [0.05, 0.1) is 29.7 Å². The van der Waals surface area contributed by atoms with Gasteiger partial charge in [-0.3, -0.25) is 4.90 Å². The fourth-order valence-corrected chi connectivity index (χ4v) is 6.77. The molecule has 4 aromatic rings. The Kier molecular flexibility index (Phi) is 9.79. The molecule has 3 aromatic carbocycles. The molecule has 0 amide bonds. The van der Waals surface area contributed by atoms with Crippen LogP contribution in [0.3, 0.4) is 0 Å². The number of benzene rings is 3. The second-order valence-corrected chi connectivity index (χ2v) is 12.6. The average molecular weight is 604 g/mol. The zero-order valence-electron chi connectivity index (χ0n) is 25.4. The number of aryl methyl sites for hydroxylation is 1. The molecule has 0 bridgehead atoms. The predicted octanol–water partition coefficient (Wildman–Crippen LogP) is 5.46. The summed E-state index contributed by atoms with van der Waals surface area (Å²) in [6, 6.07) is 21.1. The summed E-state index contributed by atoms with van der Waals surface area (Å²) >= 11 is 0. The van der Waals surface area contributed by atoms with E-state index in [0.717, 1.165) is 51.6 Å². The van der Waals surface area contributed by atoms with E-state index in [1.807, 2.05) is 69.3 Å². The van der Waals surface area contributed by atoms with Gasteiger partial charge in [-0.15, -0.1) is 0 Å². The third kappa shape index (κ3) is 7.09. The molecule has 1 atom stereocenters. The smallest absolute Gasteiger partial charge is 0.243 e. The molecule has 43 heavy (non-hydrogen) atoms. The van der Waals surface area contributed by atoms with Crippen LogP contribution >= 0.6 is 0 Å². The molecule has 1 N–H and O–H groups in total. The van der Waals surface area contributed by atoms with Crippen molar-refractivity contribution in [1.82, 2.24) is 19.2 Å². The Morgan fingerprint density at radius 3 is 2.30 bits per heavy atom. The number of aromatic nitrogens is 2. The van der Waals surface area contributed by atoms with E-state index < -0.39 is 10.0 Å². The molecule has 5 rings (SSSR count). The third-order valence-electron chi connectivity index (χ3n) is 7.79. The first-order valence-corrected chi connectivity index (χ1v) is 16.4. The van der Waals surface area contributed by atoms with Crippen molar-refractivity contribution in [1.29, 1.82) is 0 Å². The van der Waals surface area contributed by atoms with Crippen LogP contribution in [-0.2, 0) is 16.4 Å². The number of piperazine rings is 1. The van der Waals surface area contributed by atoms with Gasteiger partial charge in [0.2, 0.25) is 10.0 Å². The van der Waals surface area contributed by atoms with Crippen molar-refractivity contribution >= 4 is 26.7 Å². The van der Waals surface area contributed by atoms with Gasteiger partial charge in [-0.1, -0.05) is 35.9 Å². The fourth-order valence-electron chi connectivity index (χ4n) is 5.35. The van der Waals surface area contributed by atoms with Crippen LogP contribution in [0, 0.1) is 6.92 Å². The maximum absolute atomic E-state index is 13.2. The highest BCUT2D eigenvalue weighted by Gasteiger charge is 2.31. The number of hydrogen-bond donors (Lipinski definition) is 1. The van der Waals surface area contributed by atoms with Crippen LogP contribution in [0.25, 0.3) is 10.9 Å². The Balaban J connectivity index is 1.27. The van der Waals surface area contributed by atoms with Crippen molar-refractivity contribution in [3.63, 3.8) is 0 Å². The topological polar surface area (TPSA) is 96.9 Å². The minimum Gasteiger partial charge on any atom is -0.490 e. The van der Waals surface area contributed by atoms with Crippen molar-refractivity contribution in [2.75, 3.05) is 51.3 Å². The molecular weight excluding hydrogens is 562 g/mol. The number of ether oxygens (including phenoxy) is 2. The minimum absolute atomic E-state index is 0.0748. The molecule has 0 saturated carbocycles. The van der Waals surface area contributed by atoms with E-state index in [4.69, 9.17) is 19.4 Å². The molecule has 1 saturated heterocycles. The van der Waals surface area contributed by atoms with E-state index in [-0.39, 0.29) is 6.04 Å². The molecular formula is C33H41N5O4S. The van der Waals surface area contributed by atoms with Crippen LogP contribution in [0.2, 0.25) is 0 Å². The lowest BCUT2D eigenvalue weighted by Gasteiger charge is -2.36. The lowest BCUT2D eigenvalue weighted by molar-refractivity contribution is 0.141. The molecule has 228 valence electrons. The zero-order chi connectivity index (χ0) is 30.4. The van der Waals surface area contributed by atoms with Crippen LogP contribution in [-0.4, -0.2) is 73.5 Å². The summed E-state index contributed by atoms with van der Waals surface area (Å²) in [5, 5.41) is 4.51. The van der Waals surface area contributed by atoms with Gasteiger partial charge in [0.25, 0.3) is 0 Å². The van der Waals surface area contributed by atoms with E-state index >= 15 is 0 Å². The van der Waals surface area contributed by atoms with Crippen molar-refractivity contribution < 1.29 is 17.9 Å². The molecule has 9 nitrogen and oxygen atoms in total. The Morgan fingerprint density at radius 2 is 1.58 bits per heavy atom. The maximum Gasteiger partial charge on any atom is 0.243 e. The van der Waals surface area contributed by atoms with Gasteiger partial charge in [-0.05, 0) is 76.1 Å². The van der Waals surface area contributed by atoms with Gasteiger partial charge in [-0.25, -0.2) is 18.4 Å². The first-order valence-electron chi connectivity index (χ1n) is 15.0. The first-order chi connectivity index (χ1) is 20.8. The maximum atomic E-state index is 13.2. The highest BCUT2D eigenvalue weighted by molar-refractivity contribution is 7.89. The summed E-state index contributed by atoms with van der Waals surface area (Å²) < 4.78 is 39.5. The van der Waals surface area contributed by atoms with Gasteiger partial charge in [0.15, 0.2) is 11.5 Å². The average Bonchev–Trinajstić information content (AvgIpc) is 3.02. The van der Waals surface area contributed by atoms with Gasteiger partial charge in [0, 0.05) is 38.1 Å². The van der Waals surface area contributed by atoms with E-state index in [9.17, 15) is 8.42 Å². The van der Waals surface area contributed by atoms with Crippen molar-refractivity contribution in [2.24, 2.45) is 0 Å². The predicted molar refractivity (Wildman–Crippen MR) is 170 cm³/mol. The largest absolute Gasteiger partial charge is 0.490 e. The van der Waals surface area contributed by atoms with E-state index in [2.05, 4.69) is 23.2 Å². The van der Waals surface area contributed by atoms with Crippen LogP contribution in [0.5, 0.6) is 11.5 Å². The van der Waals surface area contributed by atoms with Crippen molar-refractivity contribution in [3.8, 4) is 11.5 Å². The number of para-hydroxylation sites is 1. The van der Waals surface area contributed by atoms with E-state index in [1.54, 1.807) is 16.4 Å². The molecule has 1 aliphatic rings. The monoisotopic (exact) mass is 603 g/mol. The molecule has 1 aliphatic heterocycles.